The van der Waals surface area contributed by atoms with Crippen molar-refractivity contribution in [1.29, 1.82) is 0 Å². The summed E-state index contributed by atoms with van der Waals surface area (Å²) in [5.41, 5.74) is 2.59. The lowest BCUT2D eigenvalue weighted by Crippen LogP contribution is -2.53. The molecule has 0 bridgehead atoms. The number of nitrogens with one attached hydrogen (secondary N) is 7. The molecule has 18 N–H and O–H groups in total. The second kappa shape index (κ2) is 47.4. The molecule has 0 aliphatic rings. The van der Waals surface area contributed by atoms with Crippen LogP contribution in [0.5, 0.6) is 23.0 Å². The van der Waals surface area contributed by atoms with Crippen LogP contribution in [0.3, 0.4) is 0 Å². The van der Waals surface area contributed by atoms with Gasteiger partial charge in [-0.2, -0.15) is 0 Å². The first-order valence-electron chi connectivity index (χ1n) is 43.1. The van der Waals surface area contributed by atoms with Crippen molar-refractivity contribution in [1.82, 2.24) is 75.3 Å². The minimum Gasteiger partial charge on any atom is -0.503 e. The summed E-state index contributed by atoms with van der Waals surface area (Å²) in [6.45, 7) is 15.3. The van der Waals surface area contributed by atoms with Crippen LogP contribution in [0.15, 0.2) is 86.0 Å². The number of para-hydroxylation sites is 1. The molecule has 0 aliphatic carbocycles. The Balaban J connectivity index is 1.03. The SMILES string of the molecule is Cc1cc(C(=O)NCCN(CCCN(CCc2c(C(N)=O)c(C)n(CC(=O)O)c(=O)c2O)CCc2c(C(N)=O)c(C)n(CC(=O)O)c(=O)c2O)CCNC(=O)c2cc(C)n(CC(=O)NCc3ccc(C(=O)N[C@@H](Cc4ccc5ccccc5n4)C(=O)NCCCC[C@H](NC(=O)N[C@H](CCC(=O)OC(C)(C)C)C(=O)OC(C)(C)C)C(=O)OC(C)(C)C)nc3)c(=O)c2O)c(O)c(=O)n1CC(=O)O. The summed E-state index contributed by atoms with van der Waals surface area (Å²) in [5, 5.41) is 92.4. The quantitative estimate of drug-likeness (QED) is 0.0145. The number of esters is 3. The summed E-state index contributed by atoms with van der Waals surface area (Å²) >= 11 is 0. The Hall–Kier alpha value is -14.9. The minimum atomic E-state index is -1.50. The van der Waals surface area contributed by atoms with E-state index in [9.17, 15) is 122 Å². The second-order valence-electron chi connectivity index (χ2n) is 35.0. The molecular weight excluding hydrogens is 1770 g/mol. The number of aliphatic carboxylic acids is 3. The van der Waals surface area contributed by atoms with Gasteiger partial charge in [0.15, 0.2) is 23.0 Å². The highest BCUT2D eigenvalue weighted by Gasteiger charge is 2.35. The highest BCUT2D eigenvalue weighted by molar-refractivity contribution is 5.99. The van der Waals surface area contributed by atoms with E-state index in [0.717, 1.165) is 26.7 Å². The minimum absolute atomic E-state index is 0.00301. The molecule has 9 amide bonds. The van der Waals surface area contributed by atoms with Crippen LogP contribution in [0.2, 0.25) is 0 Å². The zero-order valence-corrected chi connectivity index (χ0v) is 77.3. The van der Waals surface area contributed by atoms with Gasteiger partial charge < -0.3 is 108 Å². The number of aromatic hydroxyl groups is 4. The summed E-state index contributed by atoms with van der Waals surface area (Å²) in [6.07, 6.45) is 0.571. The van der Waals surface area contributed by atoms with Gasteiger partial charge in [-0.1, -0.05) is 30.3 Å². The van der Waals surface area contributed by atoms with Crippen LogP contribution < -0.4 is 70.9 Å². The molecule has 6 heterocycles. The molecule has 45 heteroatoms. The number of fused-ring (bicyclic) bond motifs is 1. The average molecular weight is 1890 g/mol. The van der Waals surface area contributed by atoms with Crippen LogP contribution >= 0.6 is 0 Å². The maximum absolute atomic E-state index is 14.2. The van der Waals surface area contributed by atoms with E-state index in [0.29, 0.717) is 25.9 Å². The molecule has 0 saturated heterocycles. The number of nitrogens with zero attached hydrogens (tertiary/aromatic N) is 8. The number of hydrogen-bond donors (Lipinski definition) is 16. The molecule has 0 aliphatic heterocycles. The maximum Gasteiger partial charge on any atom is 0.329 e. The Morgan fingerprint density at radius 2 is 0.933 bits per heavy atom. The topological polar surface area (TPSA) is 665 Å². The van der Waals surface area contributed by atoms with Crippen molar-refractivity contribution in [3.63, 3.8) is 0 Å². The predicted octanol–water partition coefficient (Wildman–Crippen LogP) is 1.21. The number of carbonyl (C=O) groups excluding carboxylic acids is 11. The van der Waals surface area contributed by atoms with E-state index in [4.69, 9.17) is 30.7 Å². The number of benzene rings is 1. The Kier molecular flexibility index (Phi) is 37.6. The van der Waals surface area contributed by atoms with Crippen LogP contribution in [0.25, 0.3) is 10.9 Å². The van der Waals surface area contributed by atoms with Crippen LogP contribution in [-0.4, -0.2) is 251 Å². The lowest BCUT2D eigenvalue weighted by atomic mass is 9.99. The van der Waals surface area contributed by atoms with Crippen molar-refractivity contribution in [2.75, 3.05) is 58.9 Å². The number of carbonyl (C=O) groups is 14. The van der Waals surface area contributed by atoms with Gasteiger partial charge in [-0.05, 0) is 184 Å². The number of urea groups is 1. The molecule has 7 rings (SSSR count). The Morgan fingerprint density at radius 3 is 1.40 bits per heavy atom. The summed E-state index contributed by atoms with van der Waals surface area (Å²) in [7, 11) is 0. The third-order valence-electron chi connectivity index (χ3n) is 21.0. The van der Waals surface area contributed by atoms with Crippen LogP contribution in [0, 0.1) is 27.7 Å². The highest BCUT2D eigenvalue weighted by Crippen LogP contribution is 2.27. The molecule has 730 valence electrons. The molecule has 0 fully saturated rings. The molecule has 0 saturated carbocycles. The molecular formula is C90H117N17O28. The van der Waals surface area contributed by atoms with Gasteiger partial charge in [0.25, 0.3) is 51.8 Å². The Labute approximate surface area is 773 Å². The van der Waals surface area contributed by atoms with Crippen molar-refractivity contribution < 1.29 is 117 Å². The standard InChI is InChI=1S/C90H117N17O28/c1-48-39-57(77(122)94-31-37-103(38-32-95-78(123)58-40-49(2)105(45-65(109)110)82(127)74(58)119)34-18-33-102(35-28-55-69(75(91)120)50(3)106(46-66(111)112)83(128)71(55)116)36-29-56-70(76(92)121)51(4)107(47-67(113)114)84(129)72(56)117)73(118)81(126)104(48)44-64(108)97-43-52-22-25-60(96-42-52)80(125)99-63(41-54-24-23-53-19-14-15-20-59(53)98-54)79(124)93-30-17-16-21-61(85(130)134-89(8,9)10)100-87(132)101-62(86(131)135-90(11,12)13)26-27-68(115)133-88(5,6)7/h14-15,19-20,22-25,39-40,42,61-63,116-119H,16-18,21,26-38,41,43-47H2,1-13H3,(H2,91,120)(H2,92,121)(H,93,124)(H,94,122)(H,95,123)(H,97,108)(H,99,125)(H,109,110)(H,111,112)(H,113,114)(H2,100,101,132)/t61-,62+,63-/m0/s1. The van der Waals surface area contributed by atoms with E-state index >= 15 is 0 Å². The number of amides is 9. The van der Waals surface area contributed by atoms with E-state index < -0.39 is 212 Å². The molecule has 0 radical (unpaired) electrons. The third-order valence-corrected chi connectivity index (χ3v) is 21.0. The number of carboxylic acids is 3. The van der Waals surface area contributed by atoms with Gasteiger partial charge in [-0.25, -0.2) is 14.4 Å². The van der Waals surface area contributed by atoms with Gasteiger partial charge in [0.2, 0.25) is 11.8 Å². The lowest BCUT2D eigenvalue weighted by molar-refractivity contribution is -0.159. The van der Waals surface area contributed by atoms with Gasteiger partial charge in [0, 0.05) is 116 Å². The van der Waals surface area contributed by atoms with Crippen molar-refractivity contribution in [2.24, 2.45) is 11.5 Å². The third kappa shape index (κ3) is 31.4. The zero-order chi connectivity index (χ0) is 101. The van der Waals surface area contributed by atoms with E-state index in [1.165, 1.54) is 46.0 Å². The molecule has 45 nitrogen and oxygen atoms in total. The van der Waals surface area contributed by atoms with E-state index in [2.05, 4.69) is 42.2 Å². The van der Waals surface area contributed by atoms with Crippen molar-refractivity contribution in [2.45, 2.75) is 215 Å². The van der Waals surface area contributed by atoms with Gasteiger partial charge in [0.05, 0.1) is 27.8 Å². The van der Waals surface area contributed by atoms with Gasteiger partial charge >= 0.3 is 41.8 Å². The molecule has 3 atom stereocenters. The van der Waals surface area contributed by atoms with E-state index in [1.807, 2.05) is 18.2 Å². The number of unbranched alkanes of at least 4 members (excludes halogenated alkanes) is 1. The number of aromatic nitrogens is 6. The van der Waals surface area contributed by atoms with Gasteiger partial charge in [-0.15, -0.1) is 0 Å². The number of carboxylic acid groups (broad SMARTS) is 3. The molecule has 6 aromatic heterocycles. The maximum atomic E-state index is 14.2. The molecule has 1 aromatic carbocycles. The summed E-state index contributed by atoms with van der Waals surface area (Å²) < 4.78 is 19.4. The smallest absolute Gasteiger partial charge is 0.329 e. The highest BCUT2D eigenvalue weighted by atomic mass is 16.6. The van der Waals surface area contributed by atoms with E-state index in [-0.39, 0.29) is 163 Å². The number of aryl methyl sites for hydroxylation is 2. The largest absolute Gasteiger partial charge is 0.503 e. The number of hydrogen-bond acceptors (Lipinski definition) is 29. The molecule has 7 aromatic rings. The summed E-state index contributed by atoms with van der Waals surface area (Å²) in [6, 6.07) is 11.0. The fourth-order valence-electron chi connectivity index (χ4n) is 14.5. The van der Waals surface area contributed by atoms with Crippen LogP contribution in [0.1, 0.15) is 198 Å². The van der Waals surface area contributed by atoms with Crippen LogP contribution in [0.4, 0.5) is 4.79 Å². The second-order valence-corrected chi connectivity index (χ2v) is 35.0. The van der Waals surface area contributed by atoms with Gasteiger partial charge in [0.1, 0.15) is 66.8 Å². The van der Waals surface area contributed by atoms with Crippen molar-refractivity contribution >= 4 is 94.1 Å². The summed E-state index contributed by atoms with van der Waals surface area (Å²) in [5.74, 6) is -17.2. The fraction of sp³-hybridized carbons (Fsp3) is 0.467. The average Bonchev–Trinajstić information content (AvgIpc) is 0.772. The molecule has 135 heavy (non-hydrogen) atoms. The lowest BCUT2D eigenvalue weighted by Gasteiger charge is -2.27. The first-order chi connectivity index (χ1) is 63.1. The first kappa shape index (κ1) is 107. The van der Waals surface area contributed by atoms with Crippen molar-refractivity contribution in [3.05, 3.63) is 181 Å². The number of pyridine rings is 6. The summed E-state index contributed by atoms with van der Waals surface area (Å²) in [4.78, 5) is 250. The predicted molar refractivity (Wildman–Crippen MR) is 484 cm³/mol. The number of primary amides is 2. The normalized spacial score (nSPS) is 12.2. The van der Waals surface area contributed by atoms with Gasteiger partial charge in [-0.3, -0.25) is 100 Å². The number of ether oxygens (including phenoxy) is 3. The number of nitrogens with two attached hydrogens (primary N) is 2. The Bertz CT molecular complexity index is 5810. The number of rotatable bonds is 47. The van der Waals surface area contributed by atoms with Crippen molar-refractivity contribution in [3.8, 4) is 23.0 Å². The zero-order valence-electron chi connectivity index (χ0n) is 77.3. The molecule has 0 unspecified atom stereocenters. The first-order valence-corrected chi connectivity index (χ1v) is 43.1. The monoisotopic (exact) mass is 1880 g/mol. The molecule has 0 spiro atoms. The Morgan fingerprint density at radius 1 is 0.474 bits per heavy atom. The van der Waals surface area contributed by atoms with E-state index in [1.54, 1.807) is 90.3 Å². The fourth-order valence-corrected chi connectivity index (χ4v) is 14.5. The van der Waals surface area contributed by atoms with Crippen LogP contribution in [-0.2, 0) is 105 Å².